The van der Waals surface area contributed by atoms with E-state index in [-0.39, 0.29) is 5.88 Å². The van der Waals surface area contributed by atoms with Gasteiger partial charge in [-0.2, -0.15) is 5.26 Å². The average molecular weight is 240 g/mol. The third-order valence-electron chi connectivity index (χ3n) is 2.10. The fraction of sp³-hybridized carbons (Fsp3) is 0. The van der Waals surface area contributed by atoms with Crippen molar-refractivity contribution < 1.29 is 14.3 Å². The number of aromatic nitrogens is 1. The molecule has 88 valence electrons. The molecule has 0 aliphatic heterocycles. The predicted molar refractivity (Wildman–Crippen MR) is 62.2 cm³/mol. The van der Waals surface area contributed by atoms with Crippen molar-refractivity contribution in [3.8, 4) is 23.4 Å². The van der Waals surface area contributed by atoms with Gasteiger partial charge in [-0.25, -0.2) is 4.98 Å². The lowest BCUT2D eigenvalue weighted by Crippen LogP contribution is -1.92. The molecule has 0 atom stereocenters. The maximum absolute atomic E-state index is 10.1. The Morgan fingerprint density at radius 2 is 1.83 bits per heavy atom. The fourth-order valence-corrected chi connectivity index (χ4v) is 1.28. The Balaban J connectivity index is 2.08. The van der Waals surface area contributed by atoms with Gasteiger partial charge in [-0.3, -0.25) is 4.79 Å². The minimum absolute atomic E-state index is 0.206. The lowest BCUT2D eigenvalue weighted by Gasteiger charge is -2.05. The highest BCUT2D eigenvalue weighted by Gasteiger charge is 1.99. The average Bonchev–Trinajstić information content (AvgIpc) is 2.42. The first kappa shape index (κ1) is 11.6. The van der Waals surface area contributed by atoms with E-state index in [0.717, 1.165) is 0 Å². The zero-order chi connectivity index (χ0) is 12.8. The van der Waals surface area contributed by atoms with Gasteiger partial charge in [0.25, 0.3) is 6.47 Å². The molecule has 0 radical (unpaired) electrons. The number of ether oxygens (including phenoxy) is 2. The van der Waals surface area contributed by atoms with Crippen molar-refractivity contribution in [2.24, 2.45) is 0 Å². The Morgan fingerprint density at radius 3 is 2.39 bits per heavy atom. The zero-order valence-corrected chi connectivity index (χ0v) is 9.24. The molecule has 1 heterocycles. The van der Waals surface area contributed by atoms with Crippen LogP contribution in [-0.2, 0) is 4.79 Å². The predicted octanol–water partition coefficient (Wildman–Crippen LogP) is 2.28. The van der Waals surface area contributed by atoms with Gasteiger partial charge in [0.05, 0.1) is 17.8 Å². The molecule has 0 amide bonds. The van der Waals surface area contributed by atoms with Crippen LogP contribution < -0.4 is 9.47 Å². The van der Waals surface area contributed by atoms with E-state index in [9.17, 15) is 4.79 Å². The number of benzene rings is 1. The summed E-state index contributed by atoms with van der Waals surface area (Å²) in [5.74, 6) is 1.31. The molecule has 0 bridgehead atoms. The SMILES string of the molecule is N#Cc1ccc(Oc2ccc(OC=O)nc2)cc1. The van der Waals surface area contributed by atoms with E-state index in [1.165, 1.54) is 12.3 Å². The molecule has 2 aromatic rings. The lowest BCUT2D eigenvalue weighted by molar-refractivity contribution is -0.120. The van der Waals surface area contributed by atoms with Crippen molar-refractivity contribution in [2.45, 2.75) is 0 Å². The van der Waals surface area contributed by atoms with Crippen LogP contribution in [0.1, 0.15) is 5.56 Å². The van der Waals surface area contributed by atoms with E-state index in [4.69, 9.17) is 10.00 Å². The second-order valence-corrected chi connectivity index (χ2v) is 3.28. The number of carbonyl (C=O) groups is 1. The molecule has 1 aromatic carbocycles. The van der Waals surface area contributed by atoms with Gasteiger partial charge in [0.1, 0.15) is 11.5 Å². The van der Waals surface area contributed by atoms with E-state index in [1.807, 2.05) is 6.07 Å². The minimum Gasteiger partial charge on any atom is -0.456 e. The third-order valence-corrected chi connectivity index (χ3v) is 2.10. The van der Waals surface area contributed by atoms with Gasteiger partial charge in [-0.1, -0.05) is 0 Å². The second-order valence-electron chi connectivity index (χ2n) is 3.28. The summed E-state index contributed by atoms with van der Waals surface area (Å²) < 4.78 is 10.1. The molecule has 1 aromatic heterocycles. The number of hydrogen-bond acceptors (Lipinski definition) is 5. The van der Waals surface area contributed by atoms with Crippen LogP contribution in [0.15, 0.2) is 42.6 Å². The van der Waals surface area contributed by atoms with Crippen LogP contribution >= 0.6 is 0 Å². The van der Waals surface area contributed by atoms with E-state index < -0.39 is 0 Å². The Labute approximate surface area is 103 Å². The number of rotatable bonds is 4. The van der Waals surface area contributed by atoms with Crippen molar-refractivity contribution in [3.63, 3.8) is 0 Å². The summed E-state index contributed by atoms with van der Waals surface area (Å²) in [6.07, 6.45) is 1.44. The summed E-state index contributed by atoms with van der Waals surface area (Å²) in [5.41, 5.74) is 0.565. The standard InChI is InChI=1S/C13H8N2O3/c14-7-10-1-3-11(4-2-10)18-12-5-6-13(15-8-12)17-9-16/h1-6,8-9H. The third kappa shape index (κ3) is 2.83. The highest BCUT2D eigenvalue weighted by molar-refractivity contribution is 5.43. The van der Waals surface area contributed by atoms with Crippen LogP contribution in [0.3, 0.4) is 0 Å². The Bertz CT molecular complexity index is 571. The first-order chi connectivity index (χ1) is 8.81. The molecule has 0 saturated carbocycles. The van der Waals surface area contributed by atoms with Crippen molar-refractivity contribution in [1.82, 2.24) is 4.98 Å². The molecule has 0 aliphatic rings. The molecule has 0 N–H and O–H groups in total. The fourth-order valence-electron chi connectivity index (χ4n) is 1.28. The number of nitriles is 1. The van der Waals surface area contributed by atoms with Gasteiger partial charge in [0.15, 0.2) is 0 Å². The number of hydrogen-bond donors (Lipinski definition) is 0. The van der Waals surface area contributed by atoms with Crippen molar-refractivity contribution in [3.05, 3.63) is 48.2 Å². The molecular formula is C13H8N2O3. The summed E-state index contributed by atoms with van der Waals surface area (Å²) in [4.78, 5) is 14.0. The molecule has 0 aliphatic carbocycles. The van der Waals surface area contributed by atoms with Crippen LogP contribution in [0.2, 0.25) is 0 Å². The smallest absolute Gasteiger partial charge is 0.299 e. The van der Waals surface area contributed by atoms with Gasteiger partial charge < -0.3 is 9.47 Å². The van der Waals surface area contributed by atoms with Crippen LogP contribution in [0.25, 0.3) is 0 Å². The number of carbonyl (C=O) groups excluding carboxylic acids is 1. The normalized spacial score (nSPS) is 9.28. The molecule has 0 saturated heterocycles. The van der Waals surface area contributed by atoms with Crippen LogP contribution in [0, 0.1) is 11.3 Å². The minimum atomic E-state index is 0.206. The molecule has 0 fully saturated rings. The highest BCUT2D eigenvalue weighted by Crippen LogP contribution is 2.22. The van der Waals surface area contributed by atoms with Gasteiger partial charge >= 0.3 is 0 Å². The second kappa shape index (κ2) is 5.46. The van der Waals surface area contributed by atoms with Crippen molar-refractivity contribution in [2.75, 3.05) is 0 Å². The maximum Gasteiger partial charge on any atom is 0.299 e. The Kier molecular flexibility index (Phi) is 3.52. The van der Waals surface area contributed by atoms with Crippen LogP contribution in [-0.4, -0.2) is 11.5 Å². The van der Waals surface area contributed by atoms with E-state index in [1.54, 1.807) is 30.3 Å². The molecule has 5 nitrogen and oxygen atoms in total. The Hall–Kier alpha value is -2.87. The summed E-state index contributed by atoms with van der Waals surface area (Å²) in [6.45, 7) is 0.309. The van der Waals surface area contributed by atoms with E-state index in [2.05, 4.69) is 9.72 Å². The molecule has 18 heavy (non-hydrogen) atoms. The maximum atomic E-state index is 10.1. The van der Waals surface area contributed by atoms with Crippen molar-refractivity contribution >= 4 is 6.47 Å². The summed E-state index contributed by atoms with van der Waals surface area (Å²) in [6, 6.07) is 11.9. The zero-order valence-electron chi connectivity index (χ0n) is 9.24. The van der Waals surface area contributed by atoms with E-state index >= 15 is 0 Å². The topological polar surface area (TPSA) is 72.2 Å². The number of pyridine rings is 1. The molecular weight excluding hydrogens is 232 g/mol. The lowest BCUT2D eigenvalue weighted by atomic mass is 10.2. The van der Waals surface area contributed by atoms with Crippen LogP contribution in [0.4, 0.5) is 0 Å². The van der Waals surface area contributed by atoms with E-state index in [0.29, 0.717) is 23.5 Å². The first-order valence-corrected chi connectivity index (χ1v) is 5.06. The largest absolute Gasteiger partial charge is 0.456 e. The molecule has 0 unspecified atom stereocenters. The molecule has 5 heteroatoms. The van der Waals surface area contributed by atoms with Gasteiger partial charge in [-0.05, 0) is 30.3 Å². The summed E-state index contributed by atoms with van der Waals surface area (Å²) in [7, 11) is 0. The van der Waals surface area contributed by atoms with Gasteiger partial charge in [0, 0.05) is 6.07 Å². The van der Waals surface area contributed by atoms with Gasteiger partial charge in [-0.15, -0.1) is 0 Å². The summed E-state index contributed by atoms with van der Waals surface area (Å²) in [5, 5.41) is 8.66. The van der Waals surface area contributed by atoms with Crippen molar-refractivity contribution in [1.29, 1.82) is 5.26 Å². The summed E-state index contributed by atoms with van der Waals surface area (Å²) >= 11 is 0. The van der Waals surface area contributed by atoms with Crippen LogP contribution in [0.5, 0.6) is 17.4 Å². The van der Waals surface area contributed by atoms with Gasteiger partial charge in [0.2, 0.25) is 5.88 Å². The monoisotopic (exact) mass is 240 g/mol. The molecule has 0 spiro atoms. The quantitative estimate of drug-likeness (QED) is 0.766. The Morgan fingerprint density at radius 1 is 1.11 bits per heavy atom. The highest BCUT2D eigenvalue weighted by atomic mass is 16.5. The first-order valence-electron chi connectivity index (χ1n) is 5.06. The molecule has 2 rings (SSSR count). The number of nitrogens with zero attached hydrogens (tertiary/aromatic N) is 2.